The summed E-state index contributed by atoms with van der Waals surface area (Å²) in [4.78, 5) is 22.1. The van der Waals surface area contributed by atoms with Gasteiger partial charge in [-0.1, -0.05) is 0 Å². The van der Waals surface area contributed by atoms with Crippen molar-refractivity contribution in [3.8, 4) is 0 Å². The molecule has 0 saturated carbocycles. The molecule has 0 spiro atoms. The van der Waals surface area contributed by atoms with Crippen molar-refractivity contribution < 1.29 is 23.8 Å². The van der Waals surface area contributed by atoms with E-state index in [1.165, 1.54) is 6.07 Å². The van der Waals surface area contributed by atoms with Gasteiger partial charge in [-0.2, -0.15) is 0 Å². The number of furan rings is 1. The number of hydrogen-bond acceptors (Lipinski definition) is 5. The molecule has 0 aliphatic rings. The van der Waals surface area contributed by atoms with Crippen LogP contribution in [-0.2, 0) is 11.3 Å². The second-order valence-electron chi connectivity index (χ2n) is 5.74. The first-order chi connectivity index (χ1) is 9.67. The molecule has 1 heterocycles. The van der Waals surface area contributed by atoms with Crippen LogP contribution >= 0.6 is 0 Å². The summed E-state index contributed by atoms with van der Waals surface area (Å²) in [6.45, 7) is 8.05. The molecule has 118 valence electrons. The van der Waals surface area contributed by atoms with Crippen LogP contribution in [0, 0.1) is 0 Å². The first-order valence-corrected chi connectivity index (χ1v) is 6.69. The zero-order valence-electron chi connectivity index (χ0n) is 12.7. The van der Waals surface area contributed by atoms with Crippen molar-refractivity contribution in [3.05, 3.63) is 23.7 Å². The summed E-state index contributed by atoms with van der Waals surface area (Å²) in [5.41, 5.74) is -0.526. The summed E-state index contributed by atoms with van der Waals surface area (Å²) < 4.78 is 10.2. The molecule has 1 unspecified atom stereocenters. The zero-order chi connectivity index (χ0) is 16.0. The lowest BCUT2D eigenvalue weighted by Gasteiger charge is -2.21. The number of carbonyl (C=O) groups is 2. The lowest BCUT2D eigenvalue weighted by molar-refractivity contribution is 0.0522. The van der Waals surface area contributed by atoms with Gasteiger partial charge in [0.1, 0.15) is 11.4 Å². The van der Waals surface area contributed by atoms with E-state index in [2.05, 4.69) is 10.6 Å². The van der Waals surface area contributed by atoms with Gasteiger partial charge in [0.2, 0.25) is 5.76 Å². The van der Waals surface area contributed by atoms with Crippen molar-refractivity contribution >= 4 is 12.1 Å². The third-order valence-corrected chi connectivity index (χ3v) is 2.45. The van der Waals surface area contributed by atoms with Gasteiger partial charge in [0, 0.05) is 12.6 Å². The average molecular weight is 298 g/mol. The van der Waals surface area contributed by atoms with Gasteiger partial charge in [-0.15, -0.1) is 0 Å². The summed E-state index contributed by atoms with van der Waals surface area (Å²) in [6, 6.07) is 2.99. The molecule has 0 aliphatic carbocycles. The van der Waals surface area contributed by atoms with Crippen molar-refractivity contribution in [3.63, 3.8) is 0 Å². The normalized spacial score (nSPS) is 12.8. The molecule has 3 N–H and O–H groups in total. The van der Waals surface area contributed by atoms with E-state index in [0.717, 1.165) is 0 Å². The molecule has 0 bridgehead atoms. The third-order valence-electron chi connectivity index (χ3n) is 2.45. The number of alkyl carbamates (subject to hydrolysis) is 1. The van der Waals surface area contributed by atoms with Crippen molar-refractivity contribution in [2.45, 2.75) is 45.9 Å². The van der Waals surface area contributed by atoms with Crippen LogP contribution in [0.2, 0.25) is 0 Å². The quantitative estimate of drug-likeness (QED) is 0.742. The Bertz CT molecular complexity index is 490. The Hall–Kier alpha value is -2.02. The summed E-state index contributed by atoms with van der Waals surface area (Å²) in [6.07, 6.45) is -0.470. The molecular weight excluding hydrogens is 276 g/mol. The van der Waals surface area contributed by atoms with Crippen LogP contribution in [0.5, 0.6) is 0 Å². The Kier molecular flexibility index (Phi) is 5.78. The van der Waals surface area contributed by atoms with E-state index in [9.17, 15) is 9.59 Å². The lowest BCUT2D eigenvalue weighted by Crippen LogP contribution is -2.40. The Morgan fingerprint density at radius 1 is 1.38 bits per heavy atom. The Balaban J connectivity index is 2.29. The van der Waals surface area contributed by atoms with E-state index < -0.39 is 17.7 Å². The average Bonchev–Trinajstić information content (AvgIpc) is 2.80. The number of carboxylic acids is 1. The summed E-state index contributed by atoms with van der Waals surface area (Å²) >= 11 is 0. The molecule has 0 radical (unpaired) electrons. The molecule has 0 fully saturated rings. The number of rotatable bonds is 6. The van der Waals surface area contributed by atoms with Crippen LogP contribution in [-0.4, -0.2) is 35.4 Å². The van der Waals surface area contributed by atoms with Gasteiger partial charge in [-0.25, -0.2) is 9.59 Å². The van der Waals surface area contributed by atoms with Crippen LogP contribution in [0.3, 0.4) is 0 Å². The fourth-order valence-electron chi connectivity index (χ4n) is 1.49. The number of aromatic carboxylic acids is 1. The van der Waals surface area contributed by atoms with Crippen LogP contribution in [0.4, 0.5) is 4.79 Å². The highest BCUT2D eigenvalue weighted by atomic mass is 16.6. The van der Waals surface area contributed by atoms with Crippen LogP contribution in [0.15, 0.2) is 16.5 Å². The maximum Gasteiger partial charge on any atom is 0.407 e. The lowest BCUT2D eigenvalue weighted by atomic mass is 10.2. The minimum Gasteiger partial charge on any atom is -0.475 e. The summed E-state index contributed by atoms with van der Waals surface area (Å²) in [7, 11) is 0. The molecule has 1 aromatic rings. The molecule has 0 saturated heterocycles. The maximum atomic E-state index is 11.5. The van der Waals surface area contributed by atoms with Gasteiger partial charge in [0.15, 0.2) is 0 Å². The molecule has 21 heavy (non-hydrogen) atoms. The minimum atomic E-state index is -1.10. The van der Waals surface area contributed by atoms with Gasteiger partial charge in [0.05, 0.1) is 6.54 Å². The number of hydrogen-bond donors (Lipinski definition) is 3. The SMILES string of the molecule is CC(CNC(=O)OC(C)(C)C)NCc1ccc(C(=O)O)o1. The molecule has 0 aromatic carbocycles. The summed E-state index contributed by atoms with van der Waals surface area (Å²) in [5, 5.41) is 14.5. The molecule has 7 heteroatoms. The second-order valence-corrected chi connectivity index (χ2v) is 5.74. The van der Waals surface area contributed by atoms with Crippen LogP contribution < -0.4 is 10.6 Å². The first-order valence-electron chi connectivity index (χ1n) is 6.69. The maximum absolute atomic E-state index is 11.5. The molecule has 7 nitrogen and oxygen atoms in total. The number of carboxylic acid groups (broad SMARTS) is 1. The zero-order valence-corrected chi connectivity index (χ0v) is 12.7. The van der Waals surface area contributed by atoms with Crippen molar-refractivity contribution in [2.24, 2.45) is 0 Å². The number of ether oxygens (including phenoxy) is 1. The smallest absolute Gasteiger partial charge is 0.407 e. The topological polar surface area (TPSA) is 101 Å². The Morgan fingerprint density at radius 3 is 2.57 bits per heavy atom. The predicted molar refractivity (Wildman–Crippen MR) is 76.2 cm³/mol. The van der Waals surface area contributed by atoms with Gasteiger partial charge >= 0.3 is 12.1 Å². The Morgan fingerprint density at radius 2 is 2.05 bits per heavy atom. The highest BCUT2D eigenvalue weighted by Gasteiger charge is 2.16. The highest BCUT2D eigenvalue weighted by Crippen LogP contribution is 2.08. The van der Waals surface area contributed by atoms with E-state index in [1.54, 1.807) is 26.8 Å². The number of amides is 1. The molecule has 1 amide bonds. The first kappa shape index (κ1) is 17.0. The molecule has 1 aromatic heterocycles. The number of nitrogens with one attached hydrogen (secondary N) is 2. The number of carbonyl (C=O) groups excluding carboxylic acids is 1. The minimum absolute atomic E-state index is 0.0177. The largest absolute Gasteiger partial charge is 0.475 e. The van der Waals surface area contributed by atoms with E-state index in [-0.39, 0.29) is 11.8 Å². The van der Waals surface area contributed by atoms with Gasteiger partial charge in [-0.05, 0) is 39.8 Å². The van der Waals surface area contributed by atoms with Crippen LogP contribution in [0.1, 0.15) is 44.0 Å². The Labute approximate surface area is 123 Å². The van der Waals surface area contributed by atoms with Crippen molar-refractivity contribution in [1.29, 1.82) is 0 Å². The van der Waals surface area contributed by atoms with Crippen LogP contribution in [0.25, 0.3) is 0 Å². The van der Waals surface area contributed by atoms with E-state index in [4.69, 9.17) is 14.3 Å². The second kappa shape index (κ2) is 7.12. The van der Waals surface area contributed by atoms with Gasteiger partial charge < -0.3 is 24.9 Å². The standard InChI is InChI=1S/C14H22N2O5/c1-9(7-16-13(19)21-14(2,3)4)15-8-10-5-6-11(20-10)12(17)18/h5-6,9,15H,7-8H2,1-4H3,(H,16,19)(H,17,18). The van der Waals surface area contributed by atoms with Crippen molar-refractivity contribution in [2.75, 3.05) is 6.54 Å². The van der Waals surface area contributed by atoms with E-state index >= 15 is 0 Å². The molecule has 0 aliphatic heterocycles. The fraction of sp³-hybridized carbons (Fsp3) is 0.571. The van der Waals surface area contributed by atoms with Gasteiger partial charge in [0.25, 0.3) is 0 Å². The fourth-order valence-corrected chi connectivity index (χ4v) is 1.49. The van der Waals surface area contributed by atoms with E-state index in [0.29, 0.717) is 18.8 Å². The van der Waals surface area contributed by atoms with E-state index in [1.807, 2.05) is 6.92 Å². The monoisotopic (exact) mass is 298 g/mol. The summed E-state index contributed by atoms with van der Waals surface area (Å²) in [5.74, 6) is -0.663. The molecule has 1 atom stereocenters. The molecule has 1 rings (SSSR count). The third kappa shape index (κ3) is 6.80. The molecular formula is C14H22N2O5. The van der Waals surface area contributed by atoms with Gasteiger partial charge in [-0.3, -0.25) is 0 Å². The predicted octanol–water partition coefficient (Wildman–Crippen LogP) is 1.98. The van der Waals surface area contributed by atoms with Crippen molar-refractivity contribution in [1.82, 2.24) is 10.6 Å². The highest BCUT2D eigenvalue weighted by molar-refractivity contribution is 5.84.